The first-order chi connectivity index (χ1) is 11.3. The molecule has 116 valence electrons. The van der Waals surface area contributed by atoms with E-state index in [4.69, 9.17) is 5.10 Å². The molecule has 3 nitrogen and oxygen atoms in total. The van der Waals surface area contributed by atoms with E-state index in [1.165, 1.54) is 11.6 Å². The van der Waals surface area contributed by atoms with E-state index in [1.807, 2.05) is 10.7 Å². The second-order valence-corrected chi connectivity index (χ2v) is 5.76. The van der Waals surface area contributed by atoms with Gasteiger partial charge in [0.1, 0.15) is 17.3 Å². The van der Waals surface area contributed by atoms with Gasteiger partial charge < -0.3 is 5.32 Å². The molecule has 0 saturated heterocycles. The summed E-state index contributed by atoms with van der Waals surface area (Å²) in [5, 5.41) is 8.09. The van der Waals surface area contributed by atoms with Gasteiger partial charge in [0.05, 0.1) is 5.69 Å². The number of fused-ring (bicyclic) bond motifs is 1. The Morgan fingerprint density at radius 1 is 1.13 bits per heavy atom. The lowest BCUT2D eigenvalue weighted by molar-refractivity contribution is 0.630. The third-order valence-corrected chi connectivity index (χ3v) is 4.37. The lowest BCUT2D eigenvalue weighted by Crippen LogP contribution is -2.04. The maximum absolute atomic E-state index is 14.2. The molecule has 2 heterocycles. The fraction of sp³-hybridized carbons (Fsp3) is 0.211. The van der Waals surface area contributed by atoms with Crippen LogP contribution in [0.25, 0.3) is 16.9 Å². The number of benzene rings is 2. The van der Waals surface area contributed by atoms with Crippen molar-refractivity contribution in [3.8, 4) is 16.9 Å². The molecular weight excluding hydrogens is 289 g/mol. The quantitative estimate of drug-likeness (QED) is 0.785. The van der Waals surface area contributed by atoms with Crippen LogP contribution in [0.5, 0.6) is 0 Å². The number of halogens is 1. The summed E-state index contributed by atoms with van der Waals surface area (Å²) in [6, 6.07) is 15.2. The first-order valence-corrected chi connectivity index (χ1v) is 7.98. The van der Waals surface area contributed by atoms with Crippen LogP contribution in [0.3, 0.4) is 0 Å². The topological polar surface area (TPSA) is 29.9 Å². The fourth-order valence-corrected chi connectivity index (χ4v) is 3.10. The van der Waals surface area contributed by atoms with Crippen molar-refractivity contribution in [3.63, 3.8) is 0 Å². The van der Waals surface area contributed by atoms with Gasteiger partial charge in [-0.3, -0.25) is 0 Å². The number of nitrogens with one attached hydrogen (secondary N) is 1. The van der Waals surface area contributed by atoms with E-state index in [0.29, 0.717) is 5.56 Å². The summed E-state index contributed by atoms with van der Waals surface area (Å²) < 4.78 is 16.1. The van der Waals surface area contributed by atoms with Gasteiger partial charge in [0.25, 0.3) is 0 Å². The molecule has 0 amide bonds. The first kappa shape index (κ1) is 14.0. The fourth-order valence-electron chi connectivity index (χ4n) is 3.10. The number of hydrogen-bond acceptors (Lipinski definition) is 2. The van der Waals surface area contributed by atoms with Gasteiger partial charge in [-0.05, 0) is 42.7 Å². The Hall–Kier alpha value is -2.62. The van der Waals surface area contributed by atoms with E-state index in [9.17, 15) is 4.39 Å². The first-order valence-electron chi connectivity index (χ1n) is 7.98. The molecule has 2 aromatic carbocycles. The zero-order valence-electron chi connectivity index (χ0n) is 13.0. The van der Waals surface area contributed by atoms with Crippen molar-refractivity contribution >= 4 is 5.82 Å². The van der Waals surface area contributed by atoms with Crippen LogP contribution in [0.15, 0.2) is 48.5 Å². The predicted octanol–water partition coefficient (Wildman–Crippen LogP) is 4.21. The Balaban J connectivity index is 1.86. The second-order valence-electron chi connectivity index (χ2n) is 5.76. The van der Waals surface area contributed by atoms with E-state index in [-0.39, 0.29) is 5.82 Å². The molecule has 0 spiro atoms. The van der Waals surface area contributed by atoms with Gasteiger partial charge in [0, 0.05) is 17.7 Å². The van der Waals surface area contributed by atoms with Crippen molar-refractivity contribution in [2.24, 2.45) is 0 Å². The van der Waals surface area contributed by atoms with E-state index < -0.39 is 0 Å². The van der Waals surface area contributed by atoms with Crippen molar-refractivity contribution in [3.05, 3.63) is 65.5 Å². The summed E-state index contributed by atoms with van der Waals surface area (Å²) in [7, 11) is 0. The minimum Gasteiger partial charge on any atom is -0.369 e. The molecule has 0 saturated carbocycles. The molecule has 1 aliphatic heterocycles. The molecule has 0 fully saturated rings. The van der Waals surface area contributed by atoms with Gasteiger partial charge in [-0.1, -0.05) is 31.2 Å². The van der Waals surface area contributed by atoms with Gasteiger partial charge in [0.2, 0.25) is 0 Å². The molecule has 4 rings (SSSR count). The lowest BCUT2D eigenvalue weighted by atomic mass is 10.1. The summed E-state index contributed by atoms with van der Waals surface area (Å²) >= 11 is 0. The monoisotopic (exact) mass is 307 g/mol. The summed E-state index contributed by atoms with van der Waals surface area (Å²) in [6.07, 6.45) is 1.88. The number of hydrogen-bond donors (Lipinski definition) is 1. The van der Waals surface area contributed by atoms with Gasteiger partial charge in [-0.2, -0.15) is 5.10 Å². The van der Waals surface area contributed by atoms with Crippen LogP contribution in [0, 0.1) is 5.82 Å². The normalized spacial score (nSPS) is 13.0. The zero-order valence-corrected chi connectivity index (χ0v) is 13.0. The predicted molar refractivity (Wildman–Crippen MR) is 90.5 cm³/mol. The molecule has 1 aliphatic rings. The largest absolute Gasteiger partial charge is 0.369 e. The Labute approximate surface area is 134 Å². The Kier molecular flexibility index (Phi) is 3.37. The van der Waals surface area contributed by atoms with Gasteiger partial charge in [-0.15, -0.1) is 0 Å². The Morgan fingerprint density at radius 2 is 1.91 bits per heavy atom. The number of anilines is 1. The molecule has 1 N–H and O–H groups in total. The van der Waals surface area contributed by atoms with Crippen LogP contribution < -0.4 is 5.32 Å². The molecule has 3 aromatic rings. The van der Waals surface area contributed by atoms with Crippen LogP contribution in [0.2, 0.25) is 0 Å². The van der Waals surface area contributed by atoms with Crippen LogP contribution in [-0.4, -0.2) is 16.3 Å². The van der Waals surface area contributed by atoms with E-state index in [1.54, 1.807) is 12.1 Å². The van der Waals surface area contributed by atoms with E-state index in [2.05, 4.69) is 36.5 Å². The van der Waals surface area contributed by atoms with Crippen molar-refractivity contribution < 1.29 is 4.39 Å². The van der Waals surface area contributed by atoms with Crippen molar-refractivity contribution in [2.45, 2.75) is 19.8 Å². The zero-order chi connectivity index (χ0) is 15.8. The molecule has 0 atom stereocenters. The van der Waals surface area contributed by atoms with Crippen LogP contribution >= 0.6 is 0 Å². The van der Waals surface area contributed by atoms with Crippen LogP contribution in [0.1, 0.15) is 18.1 Å². The van der Waals surface area contributed by atoms with Gasteiger partial charge >= 0.3 is 0 Å². The molecule has 4 heteroatoms. The molecule has 0 radical (unpaired) electrons. The highest BCUT2D eigenvalue weighted by atomic mass is 19.1. The highest BCUT2D eigenvalue weighted by molar-refractivity contribution is 5.73. The number of rotatable bonds is 3. The number of aromatic nitrogens is 2. The minimum atomic E-state index is -0.229. The van der Waals surface area contributed by atoms with Crippen molar-refractivity contribution in [2.75, 3.05) is 11.9 Å². The molecule has 0 unspecified atom stereocenters. The van der Waals surface area contributed by atoms with E-state index in [0.717, 1.165) is 42.1 Å². The second kappa shape index (κ2) is 5.54. The average molecular weight is 307 g/mol. The van der Waals surface area contributed by atoms with Crippen LogP contribution in [-0.2, 0) is 12.8 Å². The molecule has 0 bridgehead atoms. The minimum absolute atomic E-state index is 0.229. The number of aryl methyl sites for hydroxylation is 1. The summed E-state index contributed by atoms with van der Waals surface area (Å²) in [5.74, 6) is 0.751. The Bertz CT molecular complexity index is 850. The lowest BCUT2D eigenvalue weighted by Gasteiger charge is -2.07. The van der Waals surface area contributed by atoms with E-state index >= 15 is 0 Å². The standard InChI is InChI=1S/C19H18FN3/c1-2-13-7-9-14(10-8-13)23-19-16(11-12-21-19)18(22-23)15-5-3-4-6-17(15)20/h3-10,21H,2,11-12H2,1H3. The smallest absolute Gasteiger partial charge is 0.133 e. The maximum Gasteiger partial charge on any atom is 0.133 e. The summed E-state index contributed by atoms with van der Waals surface area (Å²) in [5.41, 5.74) is 4.68. The van der Waals surface area contributed by atoms with Gasteiger partial charge in [0.15, 0.2) is 0 Å². The third-order valence-electron chi connectivity index (χ3n) is 4.37. The average Bonchev–Trinajstić information content (AvgIpc) is 3.18. The number of nitrogens with zero attached hydrogens (tertiary/aromatic N) is 2. The van der Waals surface area contributed by atoms with Gasteiger partial charge in [-0.25, -0.2) is 9.07 Å². The van der Waals surface area contributed by atoms with Crippen molar-refractivity contribution in [1.82, 2.24) is 9.78 Å². The SMILES string of the molecule is CCc1ccc(-n2nc(-c3ccccc3F)c3c2NCC3)cc1. The highest BCUT2D eigenvalue weighted by Crippen LogP contribution is 2.35. The molecular formula is C19H18FN3. The third kappa shape index (κ3) is 2.31. The molecule has 23 heavy (non-hydrogen) atoms. The summed E-state index contributed by atoms with van der Waals surface area (Å²) in [6.45, 7) is 3.00. The van der Waals surface area contributed by atoms with Crippen molar-refractivity contribution in [1.29, 1.82) is 0 Å². The Morgan fingerprint density at radius 3 is 2.65 bits per heavy atom. The molecule has 1 aromatic heterocycles. The molecule has 0 aliphatic carbocycles. The highest BCUT2D eigenvalue weighted by Gasteiger charge is 2.25. The summed E-state index contributed by atoms with van der Waals surface area (Å²) in [4.78, 5) is 0. The van der Waals surface area contributed by atoms with Crippen LogP contribution in [0.4, 0.5) is 10.2 Å². The maximum atomic E-state index is 14.2.